The molecule has 0 saturated heterocycles. The summed E-state index contributed by atoms with van der Waals surface area (Å²) >= 11 is 0. The number of hydrogen-bond donors (Lipinski definition) is 1. The van der Waals surface area contributed by atoms with Gasteiger partial charge in [-0.05, 0) is 49.3 Å². The summed E-state index contributed by atoms with van der Waals surface area (Å²) in [4.78, 5) is 11.6. The fourth-order valence-corrected chi connectivity index (χ4v) is 2.45. The van der Waals surface area contributed by atoms with Crippen molar-refractivity contribution in [1.29, 1.82) is 0 Å². The molecule has 0 heterocycles. The Kier molecular flexibility index (Phi) is 4.19. The van der Waals surface area contributed by atoms with Gasteiger partial charge < -0.3 is 5.32 Å². The maximum absolute atomic E-state index is 11.6. The van der Waals surface area contributed by atoms with E-state index < -0.39 is 0 Å². The van der Waals surface area contributed by atoms with Crippen LogP contribution < -0.4 is 5.32 Å². The number of carbonyl (C=O) groups excluding carboxylic acids is 1. The van der Waals surface area contributed by atoms with Crippen molar-refractivity contribution < 1.29 is 4.79 Å². The van der Waals surface area contributed by atoms with E-state index in [1.165, 1.54) is 36.8 Å². The predicted octanol–water partition coefficient (Wildman–Crippen LogP) is 3.49. The van der Waals surface area contributed by atoms with E-state index in [-0.39, 0.29) is 11.8 Å². The predicted molar refractivity (Wildman–Crippen MR) is 75.4 cm³/mol. The number of likely N-dealkylation sites (N-methyl/N-ethyl adjacent to an activating group) is 1. The number of nitrogens with one attached hydrogen (secondary N) is 1. The van der Waals surface area contributed by atoms with Crippen LogP contribution in [-0.2, 0) is 4.79 Å². The second-order valence-electron chi connectivity index (χ2n) is 4.93. The SMILES string of the molecule is CNC(=O)C(C)c1ccc(C2=CCCCC2)cc1. The van der Waals surface area contributed by atoms with Gasteiger partial charge in [0, 0.05) is 7.05 Å². The molecule has 0 aliphatic heterocycles. The van der Waals surface area contributed by atoms with Crippen LogP contribution in [0.15, 0.2) is 30.3 Å². The van der Waals surface area contributed by atoms with E-state index in [9.17, 15) is 4.79 Å². The lowest BCUT2D eigenvalue weighted by molar-refractivity contribution is -0.121. The van der Waals surface area contributed by atoms with E-state index in [4.69, 9.17) is 0 Å². The van der Waals surface area contributed by atoms with Crippen molar-refractivity contribution >= 4 is 11.5 Å². The molecule has 1 aromatic carbocycles. The van der Waals surface area contributed by atoms with Gasteiger partial charge in [0.15, 0.2) is 0 Å². The highest BCUT2D eigenvalue weighted by Gasteiger charge is 2.13. The van der Waals surface area contributed by atoms with Crippen molar-refractivity contribution in [2.45, 2.75) is 38.5 Å². The van der Waals surface area contributed by atoms with Crippen molar-refractivity contribution in [3.8, 4) is 0 Å². The molecule has 1 atom stereocenters. The van der Waals surface area contributed by atoms with E-state index in [0.29, 0.717) is 0 Å². The zero-order valence-corrected chi connectivity index (χ0v) is 11.2. The molecule has 0 spiro atoms. The van der Waals surface area contributed by atoms with Crippen molar-refractivity contribution in [2.75, 3.05) is 7.05 Å². The van der Waals surface area contributed by atoms with E-state index >= 15 is 0 Å². The van der Waals surface area contributed by atoms with Crippen LogP contribution in [0.4, 0.5) is 0 Å². The Balaban J connectivity index is 2.14. The standard InChI is InChI=1S/C16H21NO/c1-12(16(18)17-2)13-8-10-15(11-9-13)14-6-4-3-5-7-14/h6,8-12H,3-5,7H2,1-2H3,(H,17,18). The number of amides is 1. The van der Waals surface area contributed by atoms with Crippen LogP contribution in [0.25, 0.3) is 5.57 Å². The summed E-state index contributed by atoms with van der Waals surface area (Å²) in [6.07, 6.45) is 7.34. The smallest absolute Gasteiger partial charge is 0.227 e. The second-order valence-corrected chi connectivity index (χ2v) is 4.93. The first-order valence-electron chi connectivity index (χ1n) is 6.73. The Morgan fingerprint density at radius 2 is 1.94 bits per heavy atom. The number of benzene rings is 1. The Hall–Kier alpha value is -1.57. The fraction of sp³-hybridized carbons (Fsp3) is 0.438. The molecule has 2 rings (SSSR count). The van der Waals surface area contributed by atoms with Gasteiger partial charge >= 0.3 is 0 Å². The summed E-state index contributed by atoms with van der Waals surface area (Å²) < 4.78 is 0. The van der Waals surface area contributed by atoms with Crippen molar-refractivity contribution in [3.63, 3.8) is 0 Å². The molecular weight excluding hydrogens is 222 g/mol. The molecule has 1 amide bonds. The third-order valence-electron chi connectivity index (χ3n) is 3.71. The van der Waals surface area contributed by atoms with Gasteiger partial charge in [-0.25, -0.2) is 0 Å². The quantitative estimate of drug-likeness (QED) is 0.865. The fourth-order valence-electron chi connectivity index (χ4n) is 2.45. The molecule has 1 aliphatic rings. The molecule has 0 fully saturated rings. The van der Waals surface area contributed by atoms with E-state index in [2.05, 4.69) is 35.7 Å². The molecule has 2 nitrogen and oxygen atoms in total. The zero-order valence-electron chi connectivity index (χ0n) is 11.2. The number of carbonyl (C=O) groups is 1. The van der Waals surface area contributed by atoms with Crippen LogP contribution in [0.3, 0.4) is 0 Å². The Morgan fingerprint density at radius 3 is 2.50 bits per heavy atom. The van der Waals surface area contributed by atoms with Crippen LogP contribution in [0.2, 0.25) is 0 Å². The minimum Gasteiger partial charge on any atom is -0.359 e. The van der Waals surface area contributed by atoms with Crippen molar-refractivity contribution in [3.05, 3.63) is 41.5 Å². The van der Waals surface area contributed by atoms with Crippen molar-refractivity contribution in [1.82, 2.24) is 5.32 Å². The summed E-state index contributed by atoms with van der Waals surface area (Å²) in [5, 5.41) is 2.69. The molecule has 0 bridgehead atoms. The molecule has 18 heavy (non-hydrogen) atoms. The third kappa shape index (κ3) is 2.81. The Morgan fingerprint density at radius 1 is 1.22 bits per heavy atom. The monoisotopic (exact) mass is 243 g/mol. The summed E-state index contributed by atoms with van der Waals surface area (Å²) in [6, 6.07) is 8.44. The van der Waals surface area contributed by atoms with E-state index in [1.54, 1.807) is 7.05 Å². The lowest BCUT2D eigenvalue weighted by atomic mass is 9.91. The zero-order chi connectivity index (χ0) is 13.0. The molecular formula is C16H21NO. The molecule has 0 radical (unpaired) electrons. The number of hydrogen-bond acceptors (Lipinski definition) is 1. The first kappa shape index (κ1) is 12.9. The van der Waals surface area contributed by atoms with Gasteiger partial charge in [0.25, 0.3) is 0 Å². The average Bonchev–Trinajstić information content (AvgIpc) is 2.47. The van der Waals surface area contributed by atoms with E-state index in [0.717, 1.165) is 5.56 Å². The van der Waals surface area contributed by atoms with Gasteiger partial charge in [0.2, 0.25) is 5.91 Å². The topological polar surface area (TPSA) is 29.1 Å². The molecule has 96 valence electrons. The Labute approximate surface area is 109 Å². The van der Waals surface area contributed by atoms with Crippen LogP contribution in [0, 0.1) is 0 Å². The number of rotatable bonds is 3. The van der Waals surface area contributed by atoms with Crippen LogP contribution in [0.5, 0.6) is 0 Å². The largest absolute Gasteiger partial charge is 0.359 e. The maximum atomic E-state index is 11.6. The number of allylic oxidation sites excluding steroid dienone is 2. The van der Waals surface area contributed by atoms with Gasteiger partial charge in [0.05, 0.1) is 5.92 Å². The van der Waals surface area contributed by atoms with E-state index in [1.807, 2.05) is 6.92 Å². The van der Waals surface area contributed by atoms with Gasteiger partial charge in [-0.15, -0.1) is 0 Å². The van der Waals surface area contributed by atoms with Gasteiger partial charge in [-0.2, -0.15) is 0 Å². The minimum atomic E-state index is -0.0793. The highest BCUT2D eigenvalue weighted by Crippen LogP contribution is 2.27. The van der Waals surface area contributed by atoms with Crippen LogP contribution >= 0.6 is 0 Å². The lowest BCUT2D eigenvalue weighted by Crippen LogP contribution is -2.23. The van der Waals surface area contributed by atoms with Gasteiger partial charge in [-0.3, -0.25) is 4.79 Å². The second kappa shape index (κ2) is 5.85. The maximum Gasteiger partial charge on any atom is 0.227 e. The van der Waals surface area contributed by atoms with Crippen LogP contribution in [-0.4, -0.2) is 13.0 Å². The summed E-state index contributed by atoms with van der Waals surface area (Å²) in [6.45, 7) is 1.94. The molecule has 2 heteroatoms. The first-order chi connectivity index (χ1) is 8.72. The minimum absolute atomic E-state index is 0.0691. The molecule has 1 unspecified atom stereocenters. The van der Waals surface area contributed by atoms with Gasteiger partial charge in [0.1, 0.15) is 0 Å². The molecule has 0 aromatic heterocycles. The normalized spacial score (nSPS) is 16.9. The molecule has 1 aliphatic carbocycles. The van der Waals surface area contributed by atoms with Gasteiger partial charge in [-0.1, -0.05) is 30.3 Å². The van der Waals surface area contributed by atoms with Crippen molar-refractivity contribution in [2.24, 2.45) is 0 Å². The highest BCUT2D eigenvalue weighted by molar-refractivity contribution is 5.83. The summed E-state index contributed by atoms with van der Waals surface area (Å²) in [5.41, 5.74) is 3.84. The molecule has 0 saturated carbocycles. The lowest BCUT2D eigenvalue weighted by Gasteiger charge is -2.15. The average molecular weight is 243 g/mol. The third-order valence-corrected chi connectivity index (χ3v) is 3.71. The summed E-state index contributed by atoms with van der Waals surface area (Å²) in [7, 11) is 1.68. The summed E-state index contributed by atoms with van der Waals surface area (Å²) in [5.74, 6) is -0.0102. The Bertz CT molecular complexity index is 445. The highest BCUT2D eigenvalue weighted by atomic mass is 16.1. The van der Waals surface area contributed by atoms with Crippen LogP contribution in [0.1, 0.15) is 49.7 Å². The first-order valence-corrected chi connectivity index (χ1v) is 6.73. The molecule has 1 aromatic rings. The molecule has 1 N–H and O–H groups in total.